The summed E-state index contributed by atoms with van der Waals surface area (Å²) in [6.07, 6.45) is 1.17. The number of hydrogen-bond donors (Lipinski definition) is 0. The second kappa shape index (κ2) is 11.2. The van der Waals surface area contributed by atoms with Gasteiger partial charge in [0.25, 0.3) is 5.91 Å². The summed E-state index contributed by atoms with van der Waals surface area (Å²) in [5.41, 5.74) is 0.792. The molecule has 2 heterocycles. The Labute approximate surface area is 206 Å². The molecule has 10 nitrogen and oxygen atoms in total. The molecule has 0 bridgehead atoms. The number of carbonyl (C=O) groups excluding carboxylic acids is 3. The number of amides is 3. The Morgan fingerprint density at radius 2 is 1.85 bits per heavy atom. The van der Waals surface area contributed by atoms with Crippen molar-refractivity contribution in [2.24, 2.45) is 4.99 Å². The molecule has 3 amide bonds. The van der Waals surface area contributed by atoms with Crippen molar-refractivity contribution in [1.82, 2.24) is 14.4 Å². The Balaban J connectivity index is 1.66. The van der Waals surface area contributed by atoms with Gasteiger partial charge in [-0.25, -0.2) is 13.2 Å². The van der Waals surface area contributed by atoms with Crippen LogP contribution in [0.25, 0.3) is 10.2 Å². The van der Waals surface area contributed by atoms with E-state index in [2.05, 4.69) is 11.6 Å². The summed E-state index contributed by atoms with van der Waals surface area (Å²) in [7, 11) is -4.04. The summed E-state index contributed by atoms with van der Waals surface area (Å²) in [5, 5.41) is 0.529. The molecule has 13 heteroatoms. The molecule has 0 aliphatic carbocycles. The largest absolute Gasteiger partial charge is 0.450 e. The maximum atomic E-state index is 12.5. The van der Waals surface area contributed by atoms with E-state index in [4.69, 9.17) is 16.3 Å². The van der Waals surface area contributed by atoms with E-state index in [0.29, 0.717) is 16.4 Å². The molecule has 1 saturated heterocycles. The number of allylic oxidation sites excluding steroid dienone is 1. The van der Waals surface area contributed by atoms with Crippen molar-refractivity contribution >= 4 is 60.9 Å². The highest BCUT2D eigenvalue weighted by Crippen LogP contribution is 2.22. The second-order valence-corrected chi connectivity index (χ2v) is 11.0. The lowest BCUT2D eigenvalue weighted by Gasteiger charge is -2.34. The van der Waals surface area contributed by atoms with Crippen LogP contribution in [0.5, 0.6) is 0 Å². The zero-order valence-electron chi connectivity index (χ0n) is 18.6. The molecule has 1 aromatic carbocycles. The van der Waals surface area contributed by atoms with Gasteiger partial charge < -0.3 is 19.1 Å². The van der Waals surface area contributed by atoms with Gasteiger partial charge in [0.1, 0.15) is 11.5 Å². The van der Waals surface area contributed by atoms with Crippen molar-refractivity contribution < 1.29 is 27.5 Å². The second-order valence-electron chi connectivity index (χ2n) is 7.50. The molecule has 184 valence electrons. The normalized spacial score (nSPS) is 14.9. The highest BCUT2D eigenvalue weighted by molar-refractivity contribution is 7.92. The van der Waals surface area contributed by atoms with Gasteiger partial charge in [-0.05, 0) is 25.1 Å². The van der Waals surface area contributed by atoms with Crippen LogP contribution in [0.3, 0.4) is 0 Å². The molecule has 0 spiro atoms. The molecule has 34 heavy (non-hydrogen) atoms. The average molecular weight is 529 g/mol. The maximum absolute atomic E-state index is 12.5. The predicted octanol–water partition coefficient (Wildman–Crippen LogP) is 1.69. The first kappa shape index (κ1) is 25.9. The van der Waals surface area contributed by atoms with Crippen molar-refractivity contribution in [1.29, 1.82) is 0 Å². The van der Waals surface area contributed by atoms with Gasteiger partial charge in [-0.1, -0.05) is 29.0 Å². The Hall–Kier alpha value is -2.70. The van der Waals surface area contributed by atoms with Gasteiger partial charge in [-0.3, -0.25) is 9.59 Å². The van der Waals surface area contributed by atoms with Crippen LogP contribution in [0, 0.1) is 0 Å². The van der Waals surface area contributed by atoms with E-state index >= 15 is 0 Å². The van der Waals surface area contributed by atoms with Gasteiger partial charge >= 0.3 is 6.09 Å². The summed E-state index contributed by atoms with van der Waals surface area (Å²) in [4.78, 5) is 43.9. The third-order valence-corrected chi connectivity index (χ3v) is 7.67. The average Bonchev–Trinajstić information content (AvgIpc) is 3.09. The van der Waals surface area contributed by atoms with Crippen molar-refractivity contribution in [3.05, 3.63) is 40.7 Å². The van der Waals surface area contributed by atoms with Gasteiger partial charge in [-0.15, -0.1) is 6.58 Å². The summed E-state index contributed by atoms with van der Waals surface area (Å²) >= 11 is 7.24. The van der Waals surface area contributed by atoms with E-state index < -0.39 is 39.3 Å². The first-order valence-electron chi connectivity index (χ1n) is 10.5. The first-order chi connectivity index (χ1) is 16.1. The number of hydrogen-bond acceptors (Lipinski definition) is 7. The van der Waals surface area contributed by atoms with Gasteiger partial charge in [0.15, 0.2) is 14.6 Å². The third-order valence-electron chi connectivity index (χ3n) is 5.02. The number of halogens is 1. The number of thiazole rings is 1. The van der Waals surface area contributed by atoms with Crippen LogP contribution in [-0.2, 0) is 30.7 Å². The predicted molar refractivity (Wildman–Crippen MR) is 129 cm³/mol. The molecule has 0 N–H and O–H groups in total. The number of piperazine rings is 1. The monoisotopic (exact) mass is 528 g/mol. The Bertz CT molecular complexity index is 1280. The van der Waals surface area contributed by atoms with Crippen molar-refractivity contribution in [3.63, 3.8) is 0 Å². The van der Waals surface area contributed by atoms with E-state index in [9.17, 15) is 22.8 Å². The molecular formula is C21H25ClN4O6S2. The Kier molecular flexibility index (Phi) is 8.50. The Morgan fingerprint density at radius 1 is 1.18 bits per heavy atom. The summed E-state index contributed by atoms with van der Waals surface area (Å²) in [6.45, 7) is 6.90. The highest BCUT2D eigenvalue weighted by atomic mass is 35.5. The number of rotatable bonds is 7. The lowest BCUT2D eigenvalue weighted by Crippen LogP contribution is -2.52. The molecule has 0 saturated carbocycles. The van der Waals surface area contributed by atoms with Gasteiger partial charge in [0.2, 0.25) is 5.91 Å². The quantitative estimate of drug-likeness (QED) is 0.504. The molecule has 2 aromatic rings. The molecule has 1 aromatic heterocycles. The van der Waals surface area contributed by atoms with E-state index in [1.807, 2.05) is 0 Å². The first-order valence-corrected chi connectivity index (χ1v) is 13.5. The molecule has 0 atom stereocenters. The van der Waals surface area contributed by atoms with Crippen molar-refractivity contribution in [2.75, 3.05) is 44.3 Å². The lowest BCUT2D eigenvalue weighted by molar-refractivity contribution is -0.130. The number of ether oxygens (including phenoxy) is 1. The van der Waals surface area contributed by atoms with E-state index in [1.165, 1.54) is 21.1 Å². The fourth-order valence-electron chi connectivity index (χ4n) is 3.45. The highest BCUT2D eigenvalue weighted by Gasteiger charge is 2.28. The molecular weight excluding hydrogens is 504 g/mol. The topological polar surface area (TPSA) is 118 Å². The number of carbonyl (C=O) groups is 3. The van der Waals surface area contributed by atoms with Gasteiger partial charge in [-0.2, -0.15) is 4.99 Å². The smallest absolute Gasteiger partial charge is 0.409 e. The molecule has 3 rings (SSSR count). The molecule has 0 unspecified atom stereocenters. The van der Waals surface area contributed by atoms with Gasteiger partial charge in [0, 0.05) is 37.7 Å². The zero-order chi connectivity index (χ0) is 24.9. The zero-order valence-corrected chi connectivity index (χ0v) is 21.0. The van der Waals surface area contributed by atoms with Crippen LogP contribution >= 0.6 is 22.9 Å². The number of aromatic nitrogens is 1. The number of nitrogens with zero attached hydrogens (tertiary/aromatic N) is 4. The van der Waals surface area contributed by atoms with Crippen LogP contribution in [0.1, 0.15) is 6.92 Å². The molecule has 0 radical (unpaired) electrons. The van der Waals surface area contributed by atoms with E-state index in [1.54, 1.807) is 35.8 Å². The summed E-state index contributed by atoms with van der Waals surface area (Å²) < 4.78 is 32.5. The van der Waals surface area contributed by atoms with Crippen molar-refractivity contribution in [2.45, 2.75) is 13.5 Å². The van der Waals surface area contributed by atoms with Crippen LogP contribution in [0.2, 0.25) is 5.02 Å². The molecule has 1 aliphatic rings. The fourth-order valence-corrected chi connectivity index (χ4v) is 5.88. The fraction of sp³-hybridized carbons (Fsp3) is 0.429. The maximum Gasteiger partial charge on any atom is 0.409 e. The molecule has 1 aliphatic heterocycles. The van der Waals surface area contributed by atoms with Gasteiger partial charge in [0.05, 0.1) is 16.8 Å². The number of benzene rings is 1. The van der Waals surface area contributed by atoms with Crippen LogP contribution in [0.15, 0.2) is 35.8 Å². The standard InChI is InChI=1S/C21H25ClN4O6S2/c1-3-7-26-16-6-5-15(22)12-17(16)33-20(26)23-18(27)13-34(30,31)14-19(28)24-8-10-25(11-9-24)21(29)32-4-2/h3,5-6,12H,1,4,7-11,13-14H2,2H3. The lowest BCUT2D eigenvalue weighted by atomic mass is 10.3. The number of fused-ring (bicyclic) bond motifs is 1. The minimum absolute atomic E-state index is 0.192. The van der Waals surface area contributed by atoms with Crippen molar-refractivity contribution in [3.8, 4) is 0 Å². The minimum Gasteiger partial charge on any atom is -0.450 e. The van der Waals surface area contributed by atoms with Crippen LogP contribution in [-0.4, -0.2) is 85.0 Å². The van der Waals surface area contributed by atoms with Crippen LogP contribution < -0.4 is 4.80 Å². The van der Waals surface area contributed by atoms with E-state index in [0.717, 1.165) is 10.2 Å². The third kappa shape index (κ3) is 6.45. The summed E-state index contributed by atoms with van der Waals surface area (Å²) in [6, 6.07) is 5.24. The minimum atomic E-state index is -4.04. The SMILES string of the molecule is C=CCn1c(=NC(=O)CS(=O)(=O)CC(=O)N2CCN(C(=O)OCC)CC2)sc2cc(Cl)ccc21. The Morgan fingerprint density at radius 3 is 2.50 bits per heavy atom. The number of sulfone groups is 1. The molecule has 1 fully saturated rings. The van der Waals surface area contributed by atoms with E-state index in [-0.39, 0.29) is 32.8 Å². The van der Waals surface area contributed by atoms with Crippen LogP contribution in [0.4, 0.5) is 4.79 Å². The summed E-state index contributed by atoms with van der Waals surface area (Å²) in [5.74, 6) is -3.17.